The number of fused-ring (bicyclic) bond motifs is 1. The molecule has 2 atom stereocenters. The second kappa shape index (κ2) is 4.52. The minimum absolute atomic E-state index is 0.274. The summed E-state index contributed by atoms with van der Waals surface area (Å²) >= 11 is 0. The molecule has 1 heterocycles. The van der Waals surface area contributed by atoms with Crippen molar-refractivity contribution in [3.05, 3.63) is 29.8 Å². The summed E-state index contributed by atoms with van der Waals surface area (Å²) < 4.78 is 0. The predicted octanol–water partition coefficient (Wildman–Crippen LogP) is 3.55. The lowest BCUT2D eigenvalue weighted by atomic mass is 9.51. The van der Waals surface area contributed by atoms with Crippen molar-refractivity contribution in [2.24, 2.45) is 5.41 Å². The maximum atomic E-state index is 9.86. The van der Waals surface area contributed by atoms with E-state index in [2.05, 4.69) is 24.9 Å². The SMILES string of the molecule is CN1CCC2(c3cccc(O)c3)CCCCC2(C)C1. The molecular weight excluding hydrogens is 234 g/mol. The maximum absolute atomic E-state index is 9.86. The molecule has 2 heteroatoms. The van der Waals surface area contributed by atoms with Gasteiger partial charge in [-0.1, -0.05) is 31.9 Å². The van der Waals surface area contributed by atoms with E-state index in [1.165, 1.54) is 50.8 Å². The van der Waals surface area contributed by atoms with Gasteiger partial charge in [0.05, 0.1) is 0 Å². The van der Waals surface area contributed by atoms with Gasteiger partial charge in [-0.05, 0) is 56.0 Å². The van der Waals surface area contributed by atoms with Gasteiger partial charge in [-0.15, -0.1) is 0 Å². The van der Waals surface area contributed by atoms with Crippen LogP contribution in [0.2, 0.25) is 0 Å². The van der Waals surface area contributed by atoms with Crippen LogP contribution in [0.25, 0.3) is 0 Å². The Morgan fingerprint density at radius 1 is 1.16 bits per heavy atom. The summed E-state index contributed by atoms with van der Waals surface area (Å²) in [5.41, 5.74) is 1.99. The molecule has 19 heavy (non-hydrogen) atoms. The Hall–Kier alpha value is -1.02. The van der Waals surface area contributed by atoms with Crippen molar-refractivity contribution >= 4 is 0 Å². The van der Waals surface area contributed by atoms with Crippen LogP contribution in [-0.2, 0) is 5.41 Å². The molecule has 1 saturated heterocycles. The maximum Gasteiger partial charge on any atom is 0.115 e. The Morgan fingerprint density at radius 3 is 2.74 bits per heavy atom. The molecule has 0 spiro atoms. The van der Waals surface area contributed by atoms with E-state index in [1.54, 1.807) is 6.07 Å². The summed E-state index contributed by atoms with van der Waals surface area (Å²) in [5, 5.41) is 9.86. The van der Waals surface area contributed by atoms with Gasteiger partial charge in [0.15, 0.2) is 0 Å². The number of hydrogen-bond donors (Lipinski definition) is 1. The molecule has 0 radical (unpaired) electrons. The number of aromatic hydroxyl groups is 1. The van der Waals surface area contributed by atoms with Gasteiger partial charge < -0.3 is 10.0 Å². The lowest BCUT2D eigenvalue weighted by molar-refractivity contribution is -0.0115. The quantitative estimate of drug-likeness (QED) is 0.833. The van der Waals surface area contributed by atoms with Crippen LogP contribution < -0.4 is 0 Å². The normalized spacial score (nSPS) is 35.9. The average Bonchev–Trinajstić information content (AvgIpc) is 2.37. The molecule has 0 bridgehead atoms. The highest BCUT2D eigenvalue weighted by Crippen LogP contribution is 2.56. The van der Waals surface area contributed by atoms with E-state index < -0.39 is 0 Å². The van der Waals surface area contributed by atoms with E-state index in [-0.39, 0.29) is 5.41 Å². The van der Waals surface area contributed by atoms with Crippen molar-refractivity contribution in [3.8, 4) is 5.75 Å². The zero-order chi connectivity index (χ0) is 13.5. The molecule has 104 valence electrons. The van der Waals surface area contributed by atoms with Gasteiger partial charge in [0.2, 0.25) is 0 Å². The summed E-state index contributed by atoms with van der Waals surface area (Å²) in [6.45, 7) is 4.82. The van der Waals surface area contributed by atoms with Crippen LogP contribution in [0.5, 0.6) is 5.75 Å². The molecule has 0 aromatic heterocycles. The molecule has 0 amide bonds. The van der Waals surface area contributed by atoms with Gasteiger partial charge in [-0.3, -0.25) is 0 Å². The molecule has 3 rings (SSSR count). The van der Waals surface area contributed by atoms with Crippen molar-refractivity contribution < 1.29 is 5.11 Å². The van der Waals surface area contributed by atoms with Crippen molar-refractivity contribution in [1.29, 1.82) is 0 Å². The van der Waals surface area contributed by atoms with E-state index in [0.717, 1.165) is 0 Å². The molecule has 1 N–H and O–H groups in total. The number of rotatable bonds is 1. The van der Waals surface area contributed by atoms with Crippen LogP contribution in [0.1, 0.15) is 44.6 Å². The second-order valence-corrected chi connectivity index (χ2v) is 6.89. The second-order valence-electron chi connectivity index (χ2n) is 6.89. The standard InChI is InChI=1S/C17H25NO/c1-16-8-3-4-9-17(16,10-11-18(2)13-16)14-6-5-7-15(19)12-14/h5-7,12,19H,3-4,8-11,13H2,1-2H3. The minimum atomic E-state index is 0.274. The Labute approximate surface area is 116 Å². The van der Waals surface area contributed by atoms with Crippen LogP contribution in [0, 0.1) is 5.41 Å². The van der Waals surface area contributed by atoms with Crippen molar-refractivity contribution in [1.82, 2.24) is 4.90 Å². The van der Waals surface area contributed by atoms with E-state index in [1.807, 2.05) is 12.1 Å². The summed E-state index contributed by atoms with van der Waals surface area (Å²) in [6.07, 6.45) is 6.50. The van der Waals surface area contributed by atoms with Crippen LogP contribution in [-0.4, -0.2) is 30.1 Å². The number of piperidine rings is 1. The number of phenols is 1. The van der Waals surface area contributed by atoms with Crippen LogP contribution in [0.15, 0.2) is 24.3 Å². The van der Waals surface area contributed by atoms with Gasteiger partial charge in [0.1, 0.15) is 5.75 Å². The summed E-state index contributed by atoms with van der Waals surface area (Å²) in [4.78, 5) is 2.48. The van der Waals surface area contributed by atoms with Crippen molar-refractivity contribution in [2.45, 2.75) is 44.4 Å². The number of nitrogens with zero attached hydrogens (tertiary/aromatic N) is 1. The van der Waals surface area contributed by atoms with Gasteiger partial charge in [0, 0.05) is 12.0 Å². The lowest BCUT2D eigenvalue weighted by Crippen LogP contribution is -2.57. The third kappa shape index (κ3) is 1.97. The number of likely N-dealkylation sites (tertiary alicyclic amines) is 1. The highest BCUT2D eigenvalue weighted by Gasteiger charge is 2.52. The smallest absolute Gasteiger partial charge is 0.115 e. The minimum Gasteiger partial charge on any atom is -0.508 e. The first kappa shape index (κ1) is 13.0. The van der Waals surface area contributed by atoms with Crippen LogP contribution >= 0.6 is 0 Å². The zero-order valence-electron chi connectivity index (χ0n) is 12.2. The lowest BCUT2D eigenvalue weighted by Gasteiger charge is -2.57. The molecule has 2 fully saturated rings. The van der Waals surface area contributed by atoms with E-state index in [4.69, 9.17) is 0 Å². The fourth-order valence-electron chi connectivity index (χ4n) is 4.64. The van der Waals surface area contributed by atoms with Crippen LogP contribution in [0.3, 0.4) is 0 Å². The molecule has 1 saturated carbocycles. The van der Waals surface area contributed by atoms with Gasteiger partial charge in [-0.2, -0.15) is 0 Å². The molecule has 1 aliphatic heterocycles. The number of phenolic OH excluding ortho intramolecular Hbond substituents is 1. The first-order valence-electron chi connectivity index (χ1n) is 7.54. The summed E-state index contributed by atoms with van der Waals surface area (Å²) in [7, 11) is 2.24. The first-order chi connectivity index (χ1) is 9.06. The molecule has 2 unspecified atom stereocenters. The zero-order valence-corrected chi connectivity index (χ0v) is 12.2. The van der Waals surface area contributed by atoms with E-state index in [9.17, 15) is 5.11 Å². The summed E-state index contributed by atoms with van der Waals surface area (Å²) in [6, 6.07) is 8.03. The molecular formula is C17H25NO. The van der Waals surface area contributed by atoms with Gasteiger partial charge in [-0.25, -0.2) is 0 Å². The monoisotopic (exact) mass is 259 g/mol. The van der Waals surface area contributed by atoms with E-state index >= 15 is 0 Å². The fraction of sp³-hybridized carbons (Fsp3) is 0.647. The molecule has 1 aromatic rings. The third-order valence-electron chi connectivity index (χ3n) is 5.68. The highest BCUT2D eigenvalue weighted by molar-refractivity contribution is 5.36. The number of hydrogen-bond acceptors (Lipinski definition) is 2. The molecule has 2 aliphatic rings. The molecule has 1 aromatic carbocycles. The number of benzene rings is 1. The Bertz CT molecular complexity index is 472. The Balaban J connectivity index is 2.07. The third-order valence-corrected chi connectivity index (χ3v) is 5.68. The largest absolute Gasteiger partial charge is 0.508 e. The highest BCUT2D eigenvalue weighted by atomic mass is 16.3. The average molecular weight is 259 g/mol. The van der Waals surface area contributed by atoms with E-state index in [0.29, 0.717) is 11.2 Å². The van der Waals surface area contributed by atoms with Gasteiger partial charge >= 0.3 is 0 Å². The molecule has 1 aliphatic carbocycles. The fourth-order valence-corrected chi connectivity index (χ4v) is 4.64. The first-order valence-corrected chi connectivity index (χ1v) is 7.54. The van der Waals surface area contributed by atoms with Crippen molar-refractivity contribution in [2.75, 3.05) is 20.1 Å². The Morgan fingerprint density at radius 2 is 1.95 bits per heavy atom. The molecule has 2 nitrogen and oxygen atoms in total. The Kier molecular flexibility index (Phi) is 3.09. The van der Waals surface area contributed by atoms with Crippen molar-refractivity contribution in [3.63, 3.8) is 0 Å². The summed E-state index contributed by atoms with van der Waals surface area (Å²) in [5.74, 6) is 0.415. The van der Waals surface area contributed by atoms with Crippen LogP contribution in [0.4, 0.5) is 0 Å². The predicted molar refractivity (Wildman–Crippen MR) is 78.5 cm³/mol. The topological polar surface area (TPSA) is 23.5 Å². The van der Waals surface area contributed by atoms with Gasteiger partial charge in [0.25, 0.3) is 0 Å².